The van der Waals surface area contributed by atoms with Crippen LogP contribution < -0.4 is 15.5 Å². The van der Waals surface area contributed by atoms with E-state index in [1.54, 1.807) is 48.7 Å². The molecule has 1 N–H and O–H groups in total. The molecule has 39 heavy (non-hydrogen) atoms. The number of hydrogen-bond donors (Lipinski definition) is 1. The Morgan fingerprint density at radius 1 is 0.923 bits per heavy atom. The fourth-order valence-electron chi connectivity index (χ4n) is 4.14. The van der Waals surface area contributed by atoms with Crippen LogP contribution in [-0.2, 0) is 9.53 Å². The highest BCUT2D eigenvalue weighted by Gasteiger charge is 2.27. The van der Waals surface area contributed by atoms with Gasteiger partial charge in [-0.2, -0.15) is 0 Å². The van der Waals surface area contributed by atoms with E-state index in [2.05, 4.69) is 5.32 Å². The number of amides is 1. The number of fused-ring (bicyclic) bond motifs is 1. The minimum Gasteiger partial charge on any atom is -0.473 e. The molecule has 8 heteroatoms. The van der Waals surface area contributed by atoms with Crippen molar-refractivity contribution in [3.63, 3.8) is 0 Å². The van der Waals surface area contributed by atoms with E-state index in [9.17, 15) is 14.4 Å². The lowest BCUT2D eigenvalue weighted by atomic mass is 10.0. The molecule has 0 aliphatic rings. The lowest BCUT2D eigenvalue weighted by Crippen LogP contribution is -2.32. The fourth-order valence-corrected chi connectivity index (χ4v) is 5.10. The smallest absolute Gasteiger partial charge is 0.341 e. The van der Waals surface area contributed by atoms with E-state index < -0.39 is 18.0 Å². The Labute approximate surface area is 228 Å². The van der Waals surface area contributed by atoms with E-state index in [0.29, 0.717) is 27.1 Å². The topological polar surface area (TPSA) is 94.8 Å². The van der Waals surface area contributed by atoms with E-state index in [1.807, 2.05) is 48.5 Å². The number of hydrogen-bond acceptors (Lipinski definition) is 7. The van der Waals surface area contributed by atoms with Gasteiger partial charge in [-0.1, -0.05) is 72.8 Å². The minimum atomic E-state index is -1.09. The molecule has 1 unspecified atom stereocenters. The van der Waals surface area contributed by atoms with Gasteiger partial charge in [-0.15, -0.1) is 11.3 Å². The molecule has 7 nitrogen and oxygen atoms in total. The van der Waals surface area contributed by atoms with Gasteiger partial charge in [0.2, 0.25) is 11.2 Å². The highest BCUT2D eigenvalue weighted by molar-refractivity contribution is 7.15. The van der Waals surface area contributed by atoms with Crippen molar-refractivity contribution in [2.24, 2.45) is 0 Å². The van der Waals surface area contributed by atoms with Crippen molar-refractivity contribution in [1.82, 2.24) is 0 Å². The van der Waals surface area contributed by atoms with Crippen LogP contribution in [0, 0.1) is 0 Å². The molecule has 2 aromatic heterocycles. The first-order chi connectivity index (χ1) is 19.0. The zero-order chi connectivity index (χ0) is 27.4. The van der Waals surface area contributed by atoms with Crippen molar-refractivity contribution >= 4 is 39.2 Å². The molecule has 0 spiro atoms. The van der Waals surface area contributed by atoms with Gasteiger partial charge in [0.15, 0.2) is 11.9 Å². The van der Waals surface area contributed by atoms with Crippen LogP contribution in [0.25, 0.3) is 33.4 Å². The average molecular weight is 540 g/mol. The van der Waals surface area contributed by atoms with Crippen molar-refractivity contribution in [2.75, 3.05) is 11.9 Å². The van der Waals surface area contributed by atoms with Crippen LogP contribution in [0.5, 0.6) is 5.75 Å². The number of nitrogens with one attached hydrogen (secondary N) is 1. The Morgan fingerprint density at radius 2 is 1.56 bits per heavy atom. The summed E-state index contributed by atoms with van der Waals surface area (Å²) in [6.45, 7) is 3.45. The van der Waals surface area contributed by atoms with Crippen molar-refractivity contribution in [3.05, 3.63) is 106 Å². The van der Waals surface area contributed by atoms with Crippen LogP contribution in [-0.4, -0.2) is 24.6 Å². The van der Waals surface area contributed by atoms with Gasteiger partial charge in [0, 0.05) is 16.5 Å². The van der Waals surface area contributed by atoms with Crippen LogP contribution in [0.2, 0.25) is 0 Å². The summed E-state index contributed by atoms with van der Waals surface area (Å²) in [6, 6.07) is 25.4. The number of anilines is 1. The third-order valence-electron chi connectivity index (χ3n) is 6.05. The first kappa shape index (κ1) is 25.9. The summed E-state index contributed by atoms with van der Waals surface area (Å²) in [7, 11) is 0. The summed E-state index contributed by atoms with van der Waals surface area (Å²) in [5, 5.41) is 5.27. The Kier molecular flexibility index (Phi) is 7.56. The number of carbonyl (C=O) groups is 2. The molecule has 196 valence electrons. The zero-order valence-electron chi connectivity index (χ0n) is 21.3. The molecule has 0 bridgehead atoms. The maximum Gasteiger partial charge on any atom is 0.341 e. The van der Waals surface area contributed by atoms with Gasteiger partial charge >= 0.3 is 5.97 Å². The molecule has 0 saturated heterocycles. The van der Waals surface area contributed by atoms with Crippen LogP contribution in [0.1, 0.15) is 24.2 Å². The quantitative estimate of drug-likeness (QED) is 0.219. The van der Waals surface area contributed by atoms with Gasteiger partial charge in [-0.3, -0.25) is 9.59 Å². The molecule has 0 aliphatic heterocycles. The first-order valence-corrected chi connectivity index (χ1v) is 13.3. The van der Waals surface area contributed by atoms with Gasteiger partial charge in [0.05, 0.1) is 12.0 Å². The molecular formula is C31H25NO6S. The summed E-state index contributed by atoms with van der Waals surface area (Å²) in [4.78, 5) is 39.6. The summed E-state index contributed by atoms with van der Waals surface area (Å²) >= 11 is 1.21. The second kappa shape index (κ2) is 11.4. The summed E-state index contributed by atoms with van der Waals surface area (Å²) < 4.78 is 17.3. The van der Waals surface area contributed by atoms with Crippen molar-refractivity contribution in [3.8, 4) is 28.2 Å². The SMILES string of the molecule is CCOC(=O)c1c(-c2ccccc2)csc1NC(=O)C(C)Oc1c(-c2ccccc2)oc2ccccc2c1=O. The second-order valence-electron chi connectivity index (χ2n) is 8.64. The number of thiophene rings is 1. The fraction of sp³-hybridized carbons (Fsp3) is 0.129. The summed E-state index contributed by atoms with van der Waals surface area (Å²) in [6.07, 6.45) is -1.09. The molecule has 0 fully saturated rings. The number of ether oxygens (including phenoxy) is 2. The van der Waals surface area contributed by atoms with Gasteiger partial charge in [-0.25, -0.2) is 4.79 Å². The Hall–Kier alpha value is -4.69. The Morgan fingerprint density at radius 3 is 2.26 bits per heavy atom. The summed E-state index contributed by atoms with van der Waals surface area (Å²) in [5.74, 6) is -0.908. The third kappa shape index (κ3) is 5.32. The van der Waals surface area contributed by atoms with Crippen LogP contribution in [0.3, 0.4) is 0 Å². The molecule has 5 rings (SSSR count). The highest BCUT2D eigenvalue weighted by atomic mass is 32.1. The van der Waals surface area contributed by atoms with E-state index >= 15 is 0 Å². The van der Waals surface area contributed by atoms with Gasteiger partial charge in [0.25, 0.3) is 5.91 Å². The molecule has 2 heterocycles. The Balaban J connectivity index is 1.48. The van der Waals surface area contributed by atoms with Gasteiger partial charge in [-0.05, 0) is 31.5 Å². The van der Waals surface area contributed by atoms with Crippen molar-refractivity contribution in [1.29, 1.82) is 0 Å². The van der Waals surface area contributed by atoms with Crippen LogP contribution in [0.15, 0.2) is 99.5 Å². The molecule has 0 saturated carbocycles. The second-order valence-corrected chi connectivity index (χ2v) is 9.52. The normalized spacial score (nSPS) is 11.6. The first-order valence-electron chi connectivity index (χ1n) is 12.4. The van der Waals surface area contributed by atoms with E-state index in [1.165, 1.54) is 18.3 Å². The lowest BCUT2D eigenvalue weighted by Gasteiger charge is -2.17. The van der Waals surface area contributed by atoms with Gasteiger partial charge < -0.3 is 19.2 Å². The number of rotatable bonds is 8. The lowest BCUT2D eigenvalue weighted by molar-refractivity contribution is -0.122. The predicted molar refractivity (Wildman–Crippen MR) is 152 cm³/mol. The minimum absolute atomic E-state index is 0.0654. The molecule has 3 aromatic carbocycles. The van der Waals surface area contributed by atoms with Gasteiger partial charge in [0.1, 0.15) is 16.1 Å². The molecule has 0 aliphatic carbocycles. The molecule has 5 aromatic rings. The van der Waals surface area contributed by atoms with E-state index in [4.69, 9.17) is 13.9 Å². The number of benzene rings is 3. The predicted octanol–water partition coefficient (Wildman–Crippen LogP) is 6.77. The van der Waals surface area contributed by atoms with E-state index in [0.717, 1.165) is 5.56 Å². The molecular weight excluding hydrogens is 514 g/mol. The maximum atomic E-state index is 13.4. The average Bonchev–Trinajstić information content (AvgIpc) is 3.39. The largest absolute Gasteiger partial charge is 0.473 e. The number of carbonyl (C=O) groups excluding carboxylic acids is 2. The van der Waals surface area contributed by atoms with Crippen molar-refractivity contribution in [2.45, 2.75) is 20.0 Å². The maximum absolute atomic E-state index is 13.4. The highest BCUT2D eigenvalue weighted by Crippen LogP contribution is 2.37. The third-order valence-corrected chi connectivity index (χ3v) is 6.94. The number of esters is 1. The summed E-state index contributed by atoms with van der Waals surface area (Å²) in [5.41, 5.74) is 2.41. The number of para-hydroxylation sites is 1. The molecule has 1 atom stereocenters. The molecule has 1 amide bonds. The zero-order valence-corrected chi connectivity index (χ0v) is 22.1. The van der Waals surface area contributed by atoms with E-state index in [-0.39, 0.29) is 29.1 Å². The standard InChI is InChI=1S/C31H25NO6S/c1-3-36-31(35)25-23(20-12-6-4-7-13-20)18-39-30(25)32-29(34)19(2)37-28-26(33)22-16-10-11-17-24(22)38-27(28)21-14-8-5-9-15-21/h4-19H,3H2,1-2H3,(H,32,34). The van der Waals surface area contributed by atoms with Crippen LogP contribution >= 0.6 is 11.3 Å². The monoisotopic (exact) mass is 539 g/mol. The Bertz CT molecular complexity index is 1690. The van der Waals surface area contributed by atoms with Crippen LogP contribution in [0.4, 0.5) is 5.00 Å². The van der Waals surface area contributed by atoms with Crippen molar-refractivity contribution < 1.29 is 23.5 Å². The molecule has 0 radical (unpaired) electrons.